The summed E-state index contributed by atoms with van der Waals surface area (Å²) in [7, 11) is 0. The second kappa shape index (κ2) is 5.88. The molecule has 2 rings (SSSR count). The van der Waals surface area contributed by atoms with Crippen LogP contribution < -0.4 is 11.1 Å². The van der Waals surface area contributed by atoms with Crippen LogP contribution >= 0.6 is 12.2 Å². The quantitative estimate of drug-likeness (QED) is 0.777. The first-order valence-corrected chi connectivity index (χ1v) is 6.11. The van der Waals surface area contributed by atoms with Gasteiger partial charge in [0.1, 0.15) is 10.7 Å². The van der Waals surface area contributed by atoms with Gasteiger partial charge in [-0.2, -0.15) is 0 Å². The van der Waals surface area contributed by atoms with Crippen LogP contribution in [0.2, 0.25) is 0 Å². The van der Waals surface area contributed by atoms with Crippen molar-refractivity contribution in [3.63, 3.8) is 0 Å². The molecule has 1 aromatic rings. The molecule has 0 radical (unpaired) electrons. The van der Waals surface area contributed by atoms with Crippen LogP contribution in [-0.2, 0) is 4.74 Å². The van der Waals surface area contributed by atoms with Crippen molar-refractivity contribution >= 4 is 23.2 Å². The van der Waals surface area contributed by atoms with Gasteiger partial charge < -0.3 is 15.8 Å². The van der Waals surface area contributed by atoms with Gasteiger partial charge in [0.2, 0.25) is 5.95 Å². The van der Waals surface area contributed by atoms with Crippen molar-refractivity contribution in [3.8, 4) is 0 Å². The maximum atomic E-state index is 5.51. The first-order valence-electron chi connectivity index (χ1n) is 5.70. The Morgan fingerprint density at radius 1 is 1.65 bits per heavy atom. The predicted molar refractivity (Wildman–Crippen MR) is 70.0 cm³/mol. The molecule has 1 fully saturated rings. The summed E-state index contributed by atoms with van der Waals surface area (Å²) >= 11 is 4.87. The smallest absolute Gasteiger partial charge is 0.223 e. The molecule has 1 aliphatic heterocycles. The summed E-state index contributed by atoms with van der Waals surface area (Å²) in [6, 6.07) is 1.71. The number of nitrogens with two attached hydrogens (primary N) is 1. The van der Waals surface area contributed by atoms with E-state index in [0.29, 0.717) is 17.6 Å². The molecule has 0 saturated carbocycles. The Kier molecular flexibility index (Phi) is 4.22. The van der Waals surface area contributed by atoms with E-state index in [1.54, 1.807) is 12.3 Å². The molecule has 92 valence electrons. The van der Waals surface area contributed by atoms with Gasteiger partial charge in [-0.3, -0.25) is 0 Å². The standard InChI is InChI=1S/C11H16N4OS/c12-10(17)9-3-4-13-11(15-9)14-6-8-2-1-5-16-7-8/h3-4,8H,1-2,5-7H2,(H2,12,17)(H,13,14,15). The highest BCUT2D eigenvalue weighted by molar-refractivity contribution is 7.80. The van der Waals surface area contributed by atoms with Gasteiger partial charge in [-0.15, -0.1) is 0 Å². The molecule has 0 aliphatic carbocycles. The second-order valence-corrected chi connectivity index (χ2v) is 4.53. The van der Waals surface area contributed by atoms with E-state index in [9.17, 15) is 0 Å². The van der Waals surface area contributed by atoms with Crippen molar-refractivity contribution in [2.75, 3.05) is 25.1 Å². The van der Waals surface area contributed by atoms with Crippen LogP contribution in [0.1, 0.15) is 18.5 Å². The molecule has 1 atom stereocenters. The average molecular weight is 252 g/mol. The van der Waals surface area contributed by atoms with Gasteiger partial charge in [-0.25, -0.2) is 9.97 Å². The lowest BCUT2D eigenvalue weighted by atomic mass is 10.0. The summed E-state index contributed by atoms with van der Waals surface area (Å²) in [6.45, 7) is 2.51. The lowest BCUT2D eigenvalue weighted by molar-refractivity contribution is 0.0594. The van der Waals surface area contributed by atoms with Crippen molar-refractivity contribution in [2.45, 2.75) is 12.8 Å². The van der Waals surface area contributed by atoms with Crippen molar-refractivity contribution in [2.24, 2.45) is 11.7 Å². The first kappa shape index (κ1) is 12.2. The molecule has 5 nitrogen and oxygen atoms in total. The minimum atomic E-state index is 0.288. The number of nitrogens with one attached hydrogen (secondary N) is 1. The molecule has 1 saturated heterocycles. The molecule has 1 aliphatic rings. The van der Waals surface area contributed by atoms with Crippen LogP contribution in [0.25, 0.3) is 0 Å². The normalized spacial score (nSPS) is 19.9. The van der Waals surface area contributed by atoms with E-state index >= 15 is 0 Å². The zero-order valence-electron chi connectivity index (χ0n) is 9.56. The molecule has 1 unspecified atom stereocenters. The maximum absolute atomic E-state index is 5.51. The lowest BCUT2D eigenvalue weighted by Gasteiger charge is -2.22. The summed E-state index contributed by atoms with van der Waals surface area (Å²) in [6.07, 6.45) is 3.96. The molecule has 2 heterocycles. The third-order valence-electron chi connectivity index (χ3n) is 2.71. The van der Waals surface area contributed by atoms with E-state index in [0.717, 1.165) is 26.2 Å². The van der Waals surface area contributed by atoms with Crippen molar-refractivity contribution in [3.05, 3.63) is 18.0 Å². The van der Waals surface area contributed by atoms with Gasteiger partial charge in [-0.05, 0) is 24.8 Å². The summed E-state index contributed by atoms with van der Waals surface area (Å²) in [5, 5.41) is 3.19. The van der Waals surface area contributed by atoms with Gasteiger partial charge in [0, 0.05) is 19.3 Å². The highest BCUT2D eigenvalue weighted by Gasteiger charge is 2.13. The first-order chi connectivity index (χ1) is 8.25. The van der Waals surface area contributed by atoms with E-state index in [1.807, 2.05) is 0 Å². The Labute approximate surface area is 106 Å². The van der Waals surface area contributed by atoms with E-state index in [1.165, 1.54) is 6.42 Å². The van der Waals surface area contributed by atoms with Gasteiger partial charge >= 0.3 is 0 Å². The highest BCUT2D eigenvalue weighted by atomic mass is 32.1. The minimum absolute atomic E-state index is 0.288. The SMILES string of the molecule is NC(=S)c1ccnc(NCC2CCCOC2)n1. The molecule has 1 aromatic heterocycles. The zero-order valence-corrected chi connectivity index (χ0v) is 10.4. The highest BCUT2D eigenvalue weighted by Crippen LogP contribution is 2.13. The number of hydrogen-bond donors (Lipinski definition) is 2. The topological polar surface area (TPSA) is 73.1 Å². The number of anilines is 1. The van der Waals surface area contributed by atoms with Gasteiger partial charge in [0.05, 0.1) is 6.61 Å². The van der Waals surface area contributed by atoms with Gasteiger partial charge in [0.25, 0.3) is 0 Å². The maximum Gasteiger partial charge on any atom is 0.223 e. The zero-order chi connectivity index (χ0) is 12.1. The van der Waals surface area contributed by atoms with E-state index in [-0.39, 0.29) is 4.99 Å². The Balaban J connectivity index is 1.89. The molecule has 0 spiro atoms. The van der Waals surface area contributed by atoms with Crippen LogP contribution in [0.4, 0.5) is 5.95 Å². The van der Waals surface area contributed by atoms with Crippen LogP contribution in [0.3, 0.4) is 0 Å². The largest absolute Gasteiger partial charge is 0.388 e. The van der Waals surface area contributed by atoms with Crippen molar-refractivity contribution < 1.29 is 4.74 Å². The summed E-state index contributed by atoms with van der Waals surface area (Å²) < 4.78 is 5.41. The number of hydrogen-bond acceptors (Lipinski definition) is 5. The number of thiocarbonyl (C=S) groups is 1. The molecule has 0 amide bonds. The Hall–Kier alpha value is -1.27. The van der Waals surface area contributed by atoms with Crippen LogP contribution in [0.15, 0.2) is 12.3 Å². The fourth-order valence-corrected chi connectivity index (χ4v) is 1.90. The summed E-state index contributed by atoms with van der Waals surface area (Å²) in [5.41, 5.74) is 6.11. The predicted octanol–water partition coefficient (Wildman–Crippen LogP) is 0.949. The molecule has 3 N–H and O–H groups in total. The molecular formula is C11H16N4OS. The second-order valence-electron chi connectivity index (χ2n) is 4.09. The average Bonchev–Trinajstić information content (AvgIpc) is 2.38. The lowest BCUT2D eigenvalue weighted by Crippen LogP contribution is -2.25. The molecule has 17 heavy (non-hydrogen) atoms. The third kappa shape index (κ3) is 3.61. The summed E-state index contributed by atoms with van der Waals surface area (Å²) in [4.78, 5) is 8.64. The van der Waals surface area contributed by atoms with Gasteiger partial charge in [-0.1, -0.05) is 12.2 Å². The van der Waals surface area contributed by atoms with E-state index < -0.39 is 0 Å². The Morgan fingerprint density at radius 3 is 3.24 bits per heavy atom. The molecular weight excluding hydrogens is 236 g/mol. The molecule has 0 aromatic carbocycles. The minimum Gasteiger partial charge on any atom is -0.388 e. The number of nitrogens with zero attached hydrogens (tertiary/aromatic N) is 2. The summed E-state index contributed by atoms with van der Waals surface area (Å²) in [5.74, 6) is 1.10. The van der Waals surface area contributed by atoms with Gasteiger partial charge in [0.15, 0.2) is 0 Å². The van der Waals surface area contributed by atoms with E-state index in [4.69, 9.17) is 22.7 Å². The molecule has 6 heteroatoms. The molecule has 0 bridgehead atoms. The van der Waals surface area contributed by atoms with Crippen molar-refractivity contribution in [1.82, 2.24) is 9.97 Å². The van der Waals surface area contributed by atoms with Crippen LogP contribution in [0, 0.1) is 5.92 Å². The number of aromatic nitrogens is 2. The Bertz CT molecular complexity index is 393. The van der Waals surface area contributed by atoms with Crippen LogP contribution in [0.5, 0.6) is 0 Å². The third-order valence-corrected chi connectivity index (χ3v) is 2.92. The van der Waals surface area contributed by atoms with Crippen molar-refractivity contribution in [1.29, 1.82) is 0 Å². The fraction of sp³-hybridized carbons (Fsp3) is 0.545. The van der Waals surface area contributed by atoms with E-state index in [2.05, 4.69) is 15.3 Å². The number of rotatable bonds is 4. The Morgan fingerprint density at radius 2 is 2.53 bits per heavy atom. The monoisotopic (exact) mass is 252 g/mol. The number of ether oxygens (including phenoxy) is 1. The van der Waals surface area contributed by atoms with Crippen LogP contribution in [-0.4, -0.2) is 34.7 Å². The fourth-order valence-electron chi connectivity index (χ4n) is 1.79.